The van der Waals surface area contributed by atoms with Gasteiger partial charge >= 0.3 is 7.12 Å². The highest BCUT2D eigenvalue weighted by Crippen LogP contribution is 2.36. The molecule has 0 saturated carbocycles. The van der Waals surface area contributed by atoms with Gasteiger partial charge < -0.3 is 9.31 Å². The minimum Gasteiger partial charge on any atom is -0.399 e. The van der Waals surface area contributed by atoms with Gasteiger partial charge in [-0.2, -0.15) is 0 Å². The van der Waals surface area contributed by atoms with Gasteiger partial charge in [0.2, 0.25) is 0 Å². The molecule has 2 nitrogen and oxygen atoms in total. The monoisotopic (exact) mass is 304 g/mol. The molecule has 1 saturated heterocycles. The number of alkyl halides is 2. The molecule has 3 rings (SSSR count). The molecule has 5 heteroatoms. The number of fused-ring (bicyclic) bond motifs is 1. The third kappa shape index (κ3) is 2.42. The molecule has 0 spiro atoms. The first kappa shape index (κ1) is 15.4. The topological polar surface area (TPSA) is 18.5 Å². The van der Waals surface area contributed by atoms with Crippen LogP contribution in [0.4, 0.5) is 8.78 Å². The van der Waals surface area contributed by atoms with Crippen LogP contribution in [0.25, 0.3) is 10.8 Å². The smallest absolute Gasteiger partial charge is 0.399 e. The summed E-state index contributed by atoms with van der Waals surface area (Å²) in [5.41, 5.74) is 0.0602. The highest BCUT2D eigenvalue weighted by Gasteiger charge is 2.51. The minimum absolute atomic E-state index is 0.0537. The summed E-state index contributed by atoms with van der Waals surface area (Å²) in [5.74, 6) is 0. The highest BCUT2D eigenvalue weighted by molar-refractivity contribution is 6.62. The summed E-state index contributed by atoms with van der Waals surface area (Å²) in [6.45, 7) is 7.96. The molecule has 1 fully saturated rings. The Morgan fingerprint density at radius 2 is 1.59 bits per heavy atom. The standard InChI is InChI=1S/C17H19BF2O2/c1-16(2)17(3,4)22-18(21-16)12-8-9-13-11(10-12)6-5-7-14(13)15(19)20/h5-10,15H,1-4H3. The first-order valence-corrected chi connectivity index (χ1v) is 7.38. The van der Waals surface area contributed by atoms with Gasteiger partial charge in [0.1, 0.15) is 0 Å². The molecular formula is C17H19BF2O2. The molecule has 0 radical (unpaired) electrons. The van der Waals surface area contributed by atoms with Crippen LogP contribution in [-0.4, -0.2) is 18.3 Å². The zero-order chi connectivity index (χ0) is 16.1. The van der Waals surface area contributed by atoms with Gasteiger partial charge in [-0.05, 0) is 43.9 Å². The molecule has 0 N–H and O–H groups in total. The van der Waals surface area contributed by atoms with E-state index >= 15 is 0 Å². The van der Waals surface area contributed by atoms with Crippen LogP contribution in [0.15, 0.2) is 36.4 Å². The summed E-state index contributed by atoms with van der Waals surface area (Å²) < 4.78 is 38.1. The Hall–Kier alpha value is -1.46. The largest absolute Gasteiger partial charge is 0.494 e. The molecule has 1 aliphatic heterocycles. The van der Waals surface area contributed by atoms with E-state index in [1.807, 2.05) is 39.8 Å². The molecule has 0 amide bonds. The molecule has 0 aromatic heterocycles. The Bertz CT molecular complexity index is 697. The molecule has 0 unspecified atom stereocenters. The van der Waals surface area contributed by atoms with Crippen LogP contribution in [0.3, 0.4) is 0 Å². The van der Waals surface area contributed by atoms with Crippen molar-refractivity contribution in [2.75, 3.05) is 0 Å². The van der Waals surface area contributed by atoms with E-state index in [9.17, 15) is 8.78 Å². The molecule has 22 heavy (non-hydrogen) atoms. The van der Waals surface area contributed by atoms with E-state index in [2.05, 4.69) is 0 Å². The SMILES string of the molecule is CC1(C)OB(c2ccc3c(C(F)F)cccc3c2)OC1(C)C. The van der Waals surface area contributed by atoms with Gasteiger partial charge in [0, 0.05) is 5.56 Å². The molecule has 2 aromatic carbocycles. The molecule has 1 heterocycles. The summed E-state index contributed by atoms with van der Waals surface area (Å²) >= 11 is 0. The molecule has 0 bridgehead atoms. The van der Waals surface area contributed by atoms with Gasteiger partial charge in [0.25, 0.3) is 6.43 Å². The van der Waals surface area contributed by atoms with Crippen LogP contribution in [0.2, 0.25) is 0 Å². The maximum atomic E-state index is 13.1. The Kier molecular flexibility index (Phi) is 3.53. The molecule has 2 aromatic rings. The van der Waals surface area contributed by atoms with Crippen LogP contribution in [0.1, 0.15) is 39.7 Å². The third-order valence-corrected chi connectivity index (χ3v) is 4.70. The van der Waals surface area contributed by atoms with Crippen LogP contribution in [0.5, 0.6) is 0 Å². The first-order valence-electron chi connectivity index (χ1n) is 7.38. The highest BCUT2D eigenvalue weighted by atomic mass is 19.3. The Balaban J connectivity index is 2.01. The molecule has 116 valence electrons. The van der Waals surface area contributed by atoms with Gasteiger partial charge in [-0.15, -0.1) is 0 Å². The second-order valence-corrected chi connectivity index (χ2v) is 6.72. The summed E-state index contributed by atoms with van der Waals surface area (Å²) in [5, 5.41) is 1.34. The summed E-state index contributed by atoms with van der Waals surface area (Å²) in [7, 11) is -0.482. The van der Waals surface area contributed by atoms with Crippen molar-refractivity contribution in [3.63, 3.8) is 0 Å². The lowest BCUT2D eigenvalue weighted by atomic mass is 9.78. The number of hydrogen-bond acceptors (Lipinski definition) is 2. The van der Waals surface area contributed by atoms with E-state index in [4.69, 9.17) is 9.31 Å². The predicted molar refractivity (Wildman–Crippen MR) is 84.6 cm³/mol. The number of benzene rings is 2. The van der Waals surface area contributed by atoms with Crippen molar-refractivity contribution < 1.29 is 18.1 Å². The Morgan fingerprint density at radius 1 is 0.955 bits per heavy atom. The number of halogens is 2. The van der Waals surface area contributed by atoms with E-state index in [0.717, 1.165) is 10.8 Å². The zero-order valence-corrected chi connectivity index (χ0v) is 13.2. The van der Waals surface area contributed by atoms with Gasteiger partial charge in [0.15, 0.2) is 0 Å². The second-order valence-electron chi connectivity index (χ2n) is 6.72. The van der Waals surface area contributed by atoms with Crippen molar-refractivity contribution in [2.24, 2.45) is 0 Å². The zero-order valence-electron chi connectivity index (χ0n) is 13.2. The first-order chi connectivity index (χ1) is 10.2. The van der Waals surface area contributed by atoms with Crippen LogP contribution < -0.4 is 5.46 Å². The van der Waals surface area contributed by atoms with Crippen molar-refractivity contribution in [3.05, 3.63) is 42.0 Å². The Morgan fingerprint density at radius 3 is 2.18 bits per heavy atom. The second kappa shape index (κ2) is 5.03. The Labute approximate surface area is 129 Å². The van der Waals surface area contributed by atoms with Crippen molar-refractivity contribution >= 4 is 23.4 Å². The van der Waals surface area contributed by atoms with E-state index in [-0.39, 0.29) is 5.56 Å². The molecular weight excluding hydrogens is 285 g/mol. The van der Waals surface area contributed by atoms with Crippen LogP contribution >= 0.6 is 0 Å². The van der Waals surface area contributed by atoms with E-state index in [1.165, 1.54) is 6.07 Å². The lowest BCUT2D eigenvalue weighted by Crippen LogP contribution is -2.41. The van der Waals surface area contributed by atoms with Crippen molar-refractivity contribution in [1.82, 2.24) is 0 Å². The van der Waals surface area contributed by atoms with Gasteiger partial charge in [-0.25, -0.2) is 8.78 Å². The fraction of sp³-hybridized carbons (Fsp3) is 0.412. The summed E-state index contributed by atoms with van der Waals surface area (Å²) in [4.78, 5) is 0. The maximum absolute atomic E-state index is 13.1. The maximum Gasteiger partial charge on any atom is 0.494 e. The van der Waals surface area contributed by atoms with Gasteiger partial charge in [-0.3, -0.25) is 0 Å². The fourth-order valence-corrected chi connectivity index (χ4v) is 2.64. The van der Waals surface area contributed by atoms with E-state index < -0.39 is 24.7 Å². The summed E-state index contributed by atoms with van der Waals surface area (Å²) in [6.07, 6.45) is -2.48. The number of hydrogen-bond donors (Lipinski definition) is 0. The van der Waals surface area contributed by atoms with E-state index in [0.29, 0.717) is 5.39 Å². The van der Waals surface area contributed by atoms with Crippen LogP contribution in [0, 0.1) is 0 Å². The number of rotatable bonds is 2. The average Bonchev–Trinajstić information content (AvgIpc) is 2.66. The molecule has 0 aliphatic carbocycles. The predicted octanol–water partition coefficient (Wildman–Crippen LogP) is 4.08. The minimum atomic E-state index is -2.48. The normalized spacial score (nSPS) is 20.0. The van der Waals surface area contributed by atoms with Gasteiger partial charge in [-0.1, -0.05) is 36.4 Å². The average molecular weight is 304 g/mol. The summed E-state index contributed by atoms with van der Waals surface area (Å²) in [6, 6.07) is 10.3. The lowest BCUT2D eigenvalue weighted by Gasteiger charge is -2.32. The fourth-order valence-electron chi connectivity index (χ4n) is 2.64. The van der Waals surface area contributed by atoms with Crippen molar-refractivity contribution in [3.8, 4) is 0 Å². The van der Waals surface area contributed by atoms with E-state index in [1.54, 1.807) is 18.2 Å². The quantitative estimate of drug-likeness (QED) is 0.778. The van der Waals surface area contributed by atoms with Gasteiger partial charge in [0.05, 0.1) is 11.2 Å². The van der Waals surface area contributed by atoms with Crippen LogP contribution in [-0.2, 0) is 9.31 Å². The third-order valence-electron chi connectivity index (χ3n) is 4.70. The van der Waals surface area contributed by atoms with Crippen molar-refractivity contribution in [2.45, 2.75) is 45.3 Å². The molecule has 0 atom stereocenters. The lowest BCUT2D eigenvalue weighted by molar-refractivity contribution is 0.00578. The molecule has 1 aliphatic rings. The van der Waals surface area contributed by atoms with Crippen molar-refractivity contribution in [1.29, 1.82) is 0 Å².